The summed E-state index contributed by atoms with van der Waals surface area (Å²) in [6, 6.07) is 24.4. The highest BCUT2D eigenvalue weighted by Gasteiger charge is 2.26. The molecule has 4 nitrogen and oxygen atoms in total. The van der Waals surface area contributed by atoms with E-state index in [0.717, 1.165) is 21.1 Å². The molecule has 2 heterocycles. The molecule has 0 amide bonds. The predicted octanol–water partition coefficient (Wildman–Crippen LogP) is 10.7. The van der Waals surface area contributed by atoms with Crippen molar-refractivity contribution in [1.82, 2.24) is 0 Å². The molecule has 2 aromatic heterocycles. The highest BCUT2D eigenvalue weighted by atomic mass is 32.1. The van der Waals surface area contributed by atoms with Crippen molar-refractivity contribution in [3.05, 3.63) is 111 Å². The normalized spacial score (nSPS) is 17.9. The lowest BCUT2D eigenvalue weighted by Gasteiger charge is -2.37. The van der Waals surface area contributed by atoms with Crippen LogP contribution in [-0.4, -0.2) is 17.1 Å². The Morgan fingerprint density at radius 1 is 0.867 bits per heavy atom. The van der Waals surface area contributed by atoms with Gasteiger partial charge in [-0.15, -0.1) is 22.7 Å². The number of nitrogens with zero attached hydrogens (tertiary/aromatic N) is 2. The third-order valence-corrected chi connectivity index (χ3v) is 11.8. The number of carbonyl (C=O) groups is 1. The van der Waals surface area contributed by atoms with E-state index in [1.807, 2.05) is 12.1 Å². The molecule has 0 aliphatic heterocycles. The summed E-state index contributed by atoms with van der Waals surface area (Å²) in [6.07, 6.45) is 17.4. The Morgan fingerprint density at radius 3 is 2.40 bits per heavy atom. The second-order valence-electron chi connectivity index (χ2n) is 12.3. The second-order valence-corrected chi connectivity index (χ2v) is 14.5. The van der Waals surface area contributed by atoms with Crippen LogP contribution in [-0.2, 0) is 17.6 Å². The Labute approximate surface area is 273 Å². The van der Waals surface area contributed by atoms with Crippen LogP contribution in [0.3, 0.4) is 0 Å². The first-order chi connectivity index (χ1) is 22.0. The first-order valence-electron chi connectivity index (χ1n) is 15.9. The highest BCUT2D eigenvalue weighted by Crippen LogP contribution is 2.43. The first-order valence-corrected chi connectivity index (χ1v) is 17.6. The maximum absolute atomic E-state index is 11.3. The van der Waals surface area contributed by atoms with Gasteiger partial charge in [0.25, 0.3) is 0 Å². The van der Waals surface area contributed by atoms with Crippen LogP contribution in [0.15, 0.2) is 89.5 Å². The molecule has 2 aromatic carbocycles. The summed E-state index contributed by atoms with van der Waals surface area (Å²) in [6.45, 7) is 2.21. The molecule has 1 unspecified atom stereocenters. The highest BCUT2D eigenvalue weighted by molar-refractivity contribution is 7.24. The van der Waals surface area contributed by atoms with Crippen molar-refractivity contribution in [2.45, 2.75) is 70.8 Å². The lowest BCUT2D eigenvalue weighted by Crippen LogP contribution is -2.32. The summed E-state index contributed by atoms with van der Waals surface area (Å²) in [5.41, 5.74) is 11.0. The first kappa shape index (κ1) is 29.5. The zero-order valence-electron chi connectivity index (χ0n) is 25.5. The van der Waals surface area contributed by atoms with Crippen molar-refractivity contribution in [1.29, 1.82) is 5.26 Å². The number of rotatable bonds is 7. The molecule has 45 heavy (non-hydrogen) atoms. The van der Waals surface area contributed by atoms with E-state index in [1.165, 1.54) is 107 Å². The molecule has 0 saturated heterocycles. The summed E-state index contributed by atoms with van der Waals surface area (Å²) in [7, 11) is 0. The summed E-state index contributed by atoms with van der Waals surface area (Å²) in [5.74, 6) is -1.20. The predicted molar refractivity (Wildman–Crippen MR) is 187 cm³/mol. The lowest BCUT2D eigenvalue weighted by atomic mass is 9.83. The number of hydrogen-bond acceptors (Lipinski definition) is 5. The van der Waals surface area contributed by atoms with E-state index in [0.29, 0.717) is 6.04 Å². The fourth-order valence-electron chi connectivity index (χ4n) is 7.09. The molecular formula is C39H36N2O2S2. The molecule has 0 fully saturated rings. The number of benzene rings is 2. The number of fused-ring (bicyclic) bond motifs is 1. The van der Waals surface area contributed by atoms with Gasteiger partial charge >= 0.3 is 5.97 Å². The maximum Gasteiger partial charge on any atom is 0.346 e. The van der Waals surface area contributed by atoms with Gasteiger partial charge in [0, 0.05) is 30.9 Å². The molecule has 226 valence electrons. The molecule has 0 saturated carbocycles. The fraction of sp³-hybridized carbons (Fsp3) is 0.282. The fourth-order valence-corrected chi connectivity index (χ4v) is 9.23. The van der Waals surface area contributed by atoms with Crippen LogP contribution in [0.4, 0.5) is 11.4 Å². The Morgan fingerprint density at radius 2 is 1.58 bits per heavy atom. The van der Waals surface area contributed by atoms with E-state index in [1.54, 1.807) is 28.6 Å². The van der Waals surface area contributed by atoms with Gasteiger partial charge in [-0.3, -0.25) is 0 Å². The largest absolute Gasteiger partial charge is 0.477 e. The summed E-state index contributed by atoms with van der Waals surface area (Å²) in [4.78, 5) is 18.0. The second kappa shape index (κ2) is 12.7. The number of thiophene rings is 2. The third-order valence-electron chi connectivity index (χ3n) is 9.41. The SMILES string of the molecule is Cc1cc(N(c2ccc3c(c2)CCCC3)C2C=CC3=C(CCCC3)C2)ccc1-c1ccc(-c2ccc(/C=C(\C#N)C(=O)O)s2)s1. The van der Waals surface area contributed by atoms with Crippen LogP contribution in [0.25, 0.3) is 26.3 Å². The molecule has 1 N–H and O–H groups in total. The molecule has 6 heteroatoms. The Balaban J connectivity index is 1.20. The molecule has 3 aliphatic carbocycles. The number of nitriles is 1. The minimum atomic E-state index is -1.20. The molecule has 0 spiro atoms. The van der Waals surface area contributed by atoms with Crippen LogP contribution < -0.4 is 4.90 Å². The minimum Gasteiger partial charge on any atom is -0.477 e. The molecular weight excluding hydrogens is 593 g/mol. The number of hydrogen-bond donors (Lipinski definition) is 1. The average Bonchev–Trinajstić information content (AvgIpc) is 3.74. The van der Waals surface area contributed by atoms with Gasteiger partial charge in [0.05, 0.1) is 6.04 Å². The van der Waals surface area contributed by atoms with Crippen LogP contribution >= 0.6 is 22.7 Å². The van der Waals surface area contributed by atoms with Crippen LogP contribution in [0.2, 0.25) is 0 Å². The van der Waals surface area contributed by atoms with E-state index < -0.39 is 5.97 Å². The van der Waals surface area contributed by atoms with Crippen LogP contribution in [0.5, 0.6) is 0 Å². The van der Waals surface area contributed by atoms with Gasteiger partial charge in [0.2, 0.25) is 0 Å². The van der Waals surface area contributed by atoms with E-state index in [4.69, 9.17) is 5.26 Å². The van der Waals surface area contributed by atoms with Gasteiger partial charge in [0.15, 0.2) is 0 Å². The van der Waals surface area contributed by atoms with Crippen LogP contribution in [0.1, 0.15) is 66.5 Å². The Bertz CT molecular complexity index is 1910. The van der Waals surface area contributed by atoms with Gasteiger partial charge in [-0.2, -0.15) is 5.26 Å². The Hall–Kier alpha value is -4.18. The smallest absolute Gasteiger partial charge is 0.346 e. The van der Waals surface area contributed by atoms with Crippen molar-refractivity contribution >= 4 is 46.1 Å². The van der Waals surface area contributed by atoms with Gasteiger partial charge in [0.1, 0.15) is 11.6 Å². The summed E-state index contributed by atoms with van der Waals surface area (Å²) >= 11 is 3.24. The van der Waals surface area contributed by atoms with Crippen molar-refractivity contribution < 1.29 is 9.90 Å². The quantitative estimate of drug-likeness (QED) is 0.163. The van der Waals surface area contributed by atoms with Crippen molar-refractivity contribution in [3.63, 3.8) is 0 Å². The topological polar surface area (TPSA) is 64.3 Å². The Kier molecular flexibility index (Phi) is 8.31. The maximum atomic E-state index is 11.3. The number of anilines is 2. The molecule has 7 rings (SSSR count). The summed E-state index contributed by atoms with van der Waals surface area (Å²) < 4.78 is 0. The molecule has 1 atom stereocenters. The van der Waals surface area contributed by atoms with E-state index in [2.05, 4.69) is 72.5 Å². The van der Waals surface area contributed by atoms with E-state index in [-0.39, 0.29) is 5.57 Å². The average molecular weight is 629 g/mol. The van der Waals surface area contributed by atoms with Gasteiger partial charge in [-0.25, -0.2) is 4.79 Å². The van der Waals surface area contributed by atoms with E-state index in [9.17, 15) is 9.90 Å². The number of aryl methyl sites for hydroxylation is 3. The standard InChI is InChI=1S/C39H36N2O2S2/c1-25-20-31(14-16-35(25)36-18-19-38(45-36)37-17-15-34(44-37)23-30(24-40)39(42)43)41(32-12-10-26-6-2-4-8-28(26)21-32)33-13-11-27-7-3-5-9-29(27)22-33/h10-21,23,33H,2-9,22H2,1H3,(H,42,43)/b30-23+. The number of allylic oxidation sites excluding steroid dienone is 2. The lowest BCUT2D eigenvalue weighted by molar-refractivity contribution is -0.132. The van der Waals surface area contributed by atoms with Gasteiger partial charge in [-0.1, -0.05) is 29.9 Å². The molecule has 3 aliphatic rings. The monoisotopic (exact) mass is 628 g/mol. The number of carboxylic acid groups (broad SMARTS) is 1. The zero-order valence-corrected chi connectivity index (χ0v) is 27.1. The summed E-state index contributed by atoms with van der Waals surface area (Å²) in [5, 5.41) is 18.3. The van der Waals surface area contributed by atoms with Crippen LogP contribution in [0, 0.1) is 18.3 Å². The molecule has 0 bridgehead atoms. The van der Waals surface area contributed by atoms with Crippen molar-refractivity contribution in [3.8, 4) is 26.3 Å². The zero-order chi connectivity index (χ0) is 30.9. The third kappa shape index (κ3) is 6.08. The van der Waals surface area contributed by atoms with Gasteiger partial charge in [-0.05, 0) is 147 Å². The molecule has 0 radical (unpaired) electrons. The number of carboxylic acids is 1. The van der Waals surface area contributed by atoms with Crippen molar-refractivity contribution in [2.75, 3.05) is 4.90 Å². The number of aliphatic carboxylic acids is 1. The van der Waals surface area contributed by atoms with Gasteiger partial charge < -0.3 is 10.0 Å². The van der Waals surface area contributed by atoms with Crippen molar-refractivity contribution in [2.24, 2.45) is 0 Å². The molecule has 4 aromatic rings. The minimum absolute atomic E-state index is 0.255. The van der Waals surface area contributed by atoms with E-state index >= 15 is 0 Å².